The molecule has 0 unspecified atom stereocenters. The van der Waals surface area contributed by atoms with Crippen LogP contribution in [0.15, 0.2) is 12.3 Å². The second-order valence-electron chi connectivity index (χ2n) is 8.42. The number of hydrogen-bond acceptors (Lipinski definition) is 4. The zero-order valence-electron chi connectivity index (χ0n) is 16.3. The van der Waals surface area contributed by atoms with E-state index in [0.717, 1.165) is 6.20 Å². The average Bonchev–Trinajstić information content (AvgIpc) is 2.97. The molecule has 0 saturated carbocycles. The number of ether oxygens (including phenoxy) is 1. The van der Waals surface area contributed by atoms with Gasteiger partial charge in [0.05, 0.1) is 11.9 Å². The Balaban J connectivity index is 1.52. The first kappa shape index (κ1) is 18.8. The maximum atomic E-state index is 15.2. The lowest BCUT2D eigenvalue weighted by molar-refractivity contribution is 0.0203. The van der Waals surface area contributed by atoms with E-state index >= 15 is 4.39 Å². The largest absolute Gasteiger partial charge is 0.444 e. The van der Waals surface area contributed by atoms with E-state index in [1.807, 2.05) is 20.8 Å². The van der Waals surface area contributed by atoms with Crippen molar-refractivity contribution >= 4 is 6.09 Å². The third-order valence-electron chi connectivity index (χ3n) is 5.19. The van der Waals surface area contributed by atoms with E-state index in [-0.39, 0.29) is 12.0 Å². The molecule has 0 aromatic carbocycles. The lowest BCUT2D eigenvalue weighted by atomic mass is 9.94. The van der Waals surface area contributed by atoms with E-state index in [0.29, 0.717) is 61.7 Å². The monoisotopic (exact) mass is 390 g/mol. The van der Waals surface area contributed by atoms with Gasteiger partial charge >= 0.3 is 6.09 Å². The molecule has 0 atom stereocenters. The molecule has 6 nitrogen and oxygen atoms in total. The summed E-state index contributed by atoms with van der Waals surface area (Å²) in [5.41, 5.74) is 0.566. The molecule has 0 bridgehead atoms. The number of likely N-dealkylation sites (tertiary alicyclic amines) is 1. The van der Waals surface area contributed by atoms with Gasteiger partial charge in [0, 0.05) is 25.4 Å². The fourth-order valence-electron chi connectivity index (χ4n) is 3.87. The highest BCUT2D eigenvalue weighted by molar-refractivity contribution is 5.68. The minimum Gasteiger partial charge on any atom is -0.444 e. The molecule has 4 rings (SSSR count). The molecule has 4 heterocycles. The zero-order valence-corrected chi connectivity index (χ0v) is 16.3. The summed E-state index contributed by atoms with van der Waals surface area (Å²) in [4.78, 5) is 22.5. The molecule has 2 aliphatic heterocycles. The Hall–Kier alpha value is -2.51. The van der Waals surface area contributed by atoms with Crippen molar-refractivity contribution in [1.29, 1.82) is 0 Å². The van der Waals surface area contributed by atoms with Crippen LogP contribution in [0.5, 0.6) is 0 Å². The predicted octanol–water partition coefficient (Wildman–Crippen LogP) is 3.76. The number of amides is 1. The van der Waals surface area contributed by atoms with Crippen LogP contribution >= 0.6 is 0 Å². The highest BCUT2D eigenvalue weighted by Crippen LogP contribution is 2.33. The Kier molecular flexibility index (Phi) is 4.59. The Bertz CT molecular complexity index is 912. The van der Waals surface area contributed by atoms with E-state index in [1.54, 1.807) is 4.90 Å². The first-order chi connectivity index (χ1) is 13.2. The number of pyridine rings is 1. The van der Waals surface area contributed by atoms with Crippen LogP contribution in [-0.4, -0.2) is 44.2 Å². The van der Waals surface area contributed by atoms with Crippen molar-refractivity contribution in [3.05, 3.63) is 41.1 Å². The molecule has 2 aromatic heterocycles. The summed E-state index contributed by atoms with van der Waals surface area (Å²) < 4.78 is 35.5. The maximum Gasteiger partial charge on any atom is 0.410 e. The molecule has 8 heteroatoms. The second-order valence-corrected chi connectivity index (χ2v) is 8.42. The van der Waals surface area contributed by atoms with Crippen molar-refractivity contribution in [3.63, 3.8) is 0 Å². The number of piperidine rings is 1. The molecule has 0 N–H and O–H groups in total. The molecule has 0 aliphatic carbocycles. The fraction of sp³-hybridized carbons (Fsp3) is 0.550. The van der Waals surface area contributed by atoms with Gasteiger partial charge in [-0.1, -0.05) is 0 Å². The van der Waals surface area contributed by atoms with Crippen molar-refractivity contribution in [2.75, 3.05) is 13.1 Å². The lowest BCUT2D eigenvalue weighted by Crippen LogP contribution is -2.41. The van der Waals surface area contributed by atoms with Crippen molar-refractivity contribution in [2.45, 2.75) is 58.0 Å². The first-order valence-electron chi connectivity index (χ1n) is 9.62. The van der Waals surface area contributed by atoms with Crippen LogP contribution in [0.25, 0.3) is 5.82 Å². The summed E-state index contributed by atoms with van der Waals surface area (Å²) in [5.74, 6) is 0.127. The molecule has 2 aromatic rings. The van der Waals surface area contributed by atoms with Gasteiger partial charge in [0.25, 0.3) is 0 Å². The van der Waals surface area contributed by atoms with E-state index in [2.05, 4.69) is 9.97 Å². The van der Waals surface area contributed by atoms with E-state index in [4.69, 9.17) is 4.74 Å². The smallest absolute Gasteiger partial charge is 0.410 e. The SMILES string of the molecule is CC(C)(C)OC(=O)N1CCC(c2nc3n(c2F)-c2ncc(F)cc2CC3)CC1. The minimum absolute atomic E-state index is 0.0688. The Morgan fingerprint density at radius 1 is 1.21 bits per heavy atom. The number of carbonyl (C=O) groups is 1. The van der Waals surface area contributed by atoms with Gasteiger partial charge in [-0.25, -0.2) is 19.2 Å². The molecular formula is C20H24F2N4O2. The molecule has 150 valence electrons. The second kappa shape index (κ2) is 6.83. The van der Waals surface area contributed by atoms with Gasteiger partial charge in [-0.05, 0) is 51.7 Å². The molecule has 1 saturated heterocycles. The number of imidazole rings is 1. The third-order valence-corrected chi connectivity index (χ3v) is 5.19. The average molecular weight is 390 g/mol. The standard InChI is InChI=1S/C20H24F2N4O2/c1-20(2,3)28-19(27)25-8-6-12(7-9-25)16-17(22)26-15(24-16)5-4-13-10-14(21)11-23-18(13)26/h10-12H,4-9H2,1-3H3. The van der Waals surface area contributed by atoms with Crippen molar-refractivity contribution in [2.24, 2.45) is 0 Å². The zero-order chi connectivity index (χ0) is 20.1. The third kappa shape index (κ3) is 3.47. The molecule has 28 heavy (non-hydrogen) atoms. The Labute approximate surface area is 162 Å². The van der Waals surface area contributed by atoms with Gasteiger partial charge in [-0.3, -0.25) is 4.57 Å². The van der Waals surface area contributed by atoms with E-state index in [9.17, 15) is 9.18 Å². The summed E-state index contributed by atoms with van der Waals surface area (Å²) in [6.07, 6.45) is 3.15. The van der Waals surface area contributed by atoms with E-state index < -0.39 is 17.4 Å². The molecule has 2 aliphatic rings. The number of halogens is 2. The molecule has 1 fully saturated rings. The number of carbonyl (C=O) groups excluding carboxylic acids is 1. The normalized spacial score (nSPS) is 17.2. The van der Waals surface area contributed by atoms with Crippen molar-refractivity contribution < 1.29 is 18.3 Å². The van der Waals surface area contributed by atoms with Crippen LogP contribution in [0.3, 0.4) is 0 Å². The van der Waals surface area contributed by atoms with Crippen LogP contribution < -0.4 is 0 Å². The van der Waals surface area contributed by atoms with Crippen LogP contribution in [0.2, 0.25) is 0 Å². The summed E-state index contributed by atoms with van der Waals surface area (Å²) in [7, 11) is 0. The van der Waals surface area contributed by atoms with Gasteiger partial charge in [-0.2, -0.15) is 4.39 Å². The number of fused-ring (bicyclic) bond motifs is 3. The minimum atomic E-state index is -0.539. The fourth-order valence-corrected chi connectivity index (χ4v) is 3.87. The van der Waals surface area contributed by atoms with Crippen molar-refractivity contribution in [3.8, 4) is 5.82 Å². The van der Waals surface area contributed by atoms with Gasteiger partial charge in [0.2, 0.25) is 5.95 Å². The highest BCUT2D eigenvalue weighted by Gasteiger charge is 2.33. The van der Waals surface area contributed by atoms with E-state index in [1.165, 1.54) is 10.6 Å². The molecule has 1 amide bonds. The number of aryl methyl sites for hydroxylation is 2. The number of rotatable bonds is 1. The highest BCUT2D eigenvalue weighted by atomic mass is 19.1. The van der Waals surface area contributed by atoms with Crippen LogP contribution in [0, 0.1) is 11.8 Å². The summed E-state index contributed by atoms with van der Waals surface area (Å²) in [6.45, 7) is 6.50. The number of nitrogens with zero attached hydrogens (tertiary/aromatic N) is 4. The lowest BCUT2D eigenvalue weighted by Gasteiger charge is -2.32. The van der Waals surface area contributed by atoms with Crippen LogP contribution in [-0.2, 0) is 17.6 Å². The quantitative estimate of drug-likeness (QED) is 0.744. The first-order valence-corrected chi connectivity index (χ1v) is 9.62. The Morgan fingerprint density at radius 3 is 2.61 bits per heavy atom. The number of aromatic nitrogens is 3. The Morgan fingerprint density at radius 2 is 1.93 bits per heavy atom. The van der Waals surface area contributed by atoms with Gasteiger partial charge in [0.1, 0.15) is 23.1 Å². The molecular weight excluding hydrogens is 366 g/mol. The summed E-state index contributed by atoms with van der Waals surface area (Å²) in [5, 5.41) is 0. The van der Waals surface area contributed by atoms with Crippen LogP contribution in [0.1, 0.15) is 56.6 Å². The number of hydrogen-bond donors (Lipinski definition) is 0. The predicted molar refractivity (Wildman–Crippen MR) is 98.5 cm³/mol. The van der Waals surface area contributed by atoms with Gasteiger partial charge in [-0.15, -0.1) is 0 Å². The maximum absolute atomic E-state index is 15.2. The van der Waals surface area contributed by atoms with Gasteiger partial charge < -0.3 is 9.64 Å². The van der Waals surface area contributed by atoms with Crippen LogP contribution in [0.4, 0.5) is 13.6 Å². The molecule has 0 radical (unpaired) electrons. The van der Waals surface area contributed by atoms with Gasteiger partial charge in [0.15, 0.2) is 0 Å². The molecule has 0 spiro atoms. The summed E-state index contributed by atoms with van der Waals surface area (Å²) in [6, 6.07) is 1.41. The summed E-state index contributed by atoms with van der Waals surface area (Å²) >= 11 is 0. The van der Waals surface area contributed by atoms with Crippen molar-refractivity contribution in [1.82, 2.24) is 19.4 Å². The topological polar surface area (TPSA) is 60.2 Å².